The molecule has 2 N–H and O–H groups in total. The van der Waals surface area contributed by atoms with E-state index in [1.54, 1.807) is 4.90 Å². The molecular weight excluding hydrogens is 284 g/mol. The molecule has 1 saturated carbocycles. The van der Waals surface area contributed by atoms with Crippen LogP contribution in [0.4, 0.5) is 0 Å². The maximum Gasteiger partial charge on any atom is 0.235 e. The first-order chi connectivity index (χ1) is 8.77. The van der Waals surface area contributed by atoms with Gasteiger partial charge in [0.15, 0.2) is 9.84 Å². The van der Waals surface area contributed by atoms with Gasteiger partial charge in [-0.15, -0.1) is 0 Å². The smallest absolute Gasteiger partial charge is 0.235 e. The van der Waals surface area contributed by atoms with Crippen LogP contribution in [0.25, 0.3) is 0 Å². The van der Waals surface area contributed by atoms with E-state index in [0.717, 1.165) is 0 Å². The highest BCUT2D eigenvalue weighted by molar-refractivity contribution is 7.91. The molecule has 108 valence electrons. The molecule has 1 aliphatic carbocycles. The first-order valence-electron chi connectivity index (χ1n) is 6.56. The molecule has 2 rings (SSSR count). The number of nitrogens with two attached hydrogens (primary N) is 1. The molecule has 0 radical (unpaired) electrons. The molecule has 2 aliphatic rings. The van der Waals surface area contributed by atoms with E-state index in [9.17, 15) is 13.2 Å². The number of nitrogens with zero attached hydrogens (tertiary/aromatic N) is 1. The molecule has 0 bridgehead atoms. The van der Waals surface area contributed by atoms with Gasteiger partial charge in [0.1, 0.15) is 0 Å². The Hall–Kier alpha value is -0.690. The second kappa shape index (κ2) is 5.01. The highest BCUT2D eigenvalue weighted by Gasteiger charge is 2.52. The van der Waals surface area contributed by atoms with Crippen LogP contribution in [0.1, 0.15) is 26.2 Å². The molecule has 0 aromatic carbocycles. The number of hydrogen-bond donors (Lipinski definition) is 1. The van der Waals surface area contributed by atoms with Gasteiger partial charge in [-0.3, -0.25) is 4.79 Å². The van der Waals surface area contributed by atoms with Crippen molar-refractivity contribution < 1.29 is 13.2 Å². The number of thiocarbonyl (C=S) groups is 1. The second-order valence-corrected chi connectivity index (χ2v) is 8.50. The van der Waals surface area contributed by atoms with Gasteiger partial charge in [0.2, 0.25) is 5.91 Å². The summed E-state index contributed by atoms with van der Waals surface area (Å²) in [4.78, 5) is 14.5. The summed E-state index contributed by atoms with van der Waals surface area (Å²) in [5, 5.41) is 0. The third-order valence-electron chi connectivity index (χ3n) is 4.12. The Bertz CT molecular complexity index is 495. The molecule has 1 heterocycles. The number of carbonyl (C=O) groups is 1. The van der Waals surface area contributed by atoms with Crippen LogP contribution in [0.3, 0.4) is 0 Å². The van der Waals surface area contributed by atoms with Gasteiger partial charge >= 0.3 is 0 Å². The molecule has 1 saturated heterocycles. The quantitative estimate of drug-likeness (QED) is 0.744. The third-order valence-corrected chi connectivity index (χ3v) is 6.22. The van der Waals surface area contributed by atoms with E-state index in [0.29, 0.717) is 31.7 Å². The van der Waals surface area contributed by atoms with E-state index < -0.39 is 15.3 Å². The molecule has 0 atom stereocenters. The Balaban J connectivity index is 2.13. The van der Waals surface area contributed by atoms with Crippen molar-refractivity contribution in [1.82, 2.24) is 4.90 Å². The van der Waals surface area contributed by atoms with Crippen molar-refractivity contribution in [1.29, 1.82) is 0 Å². The van der Waals surface area contributed by atoms with Crippen LogP contribution in [-0.2, 0) is 14.6 Å². The Labute approximate surface area is 119 Å². The number of hydrogen-bond acceptors (Lipinski definition) is 4. The summed E-state index contributed by atoms with van der Waals surface area (Å²) in [6.45, 7) is 2.81. The van der Waals surface area contributed by atoms with Gasteiger partial charge in [-0.25, -0.2) is 8.42 Å². The zero-order valence-corrected chi connectivity index (χ0v) is 12.7. The lowest BCUT2D eigenvalue weighted by Crippen LogP contribution is -2.57. The van der Waals surface area contributed by atoms with Crippen molar-refractivity contribution in [2.45, 2.75) is 26.2 Å². The van der Waals surface area contributed by atoms with E-state index in [2.05, 4.69) is 6.92 Å². The third kappa shape index (κ3) is 2.76. The Morgan fingerprint density at radius 1 is 1.32 bits per heavy atom. The van der Waals surface area contributed by atoms with Gasteiger partial charge in [0.25, 0.3) is 0 Å². The molecule has 7 heteroatoms. The van der Waals surface area contributed by atoms with Crippen LogP contribution in [0.15, 0.2) is 0 Å². The minimum atomic E-state index is -3.01. The van der Waals surface area contributed by atoms with Crippen LogP contribution in [0.2, 0.25) is 0 Å². The van der Waals surface area contributed by atoms with E-state index in [-0.39, 0.29) is 28.9 Å². The molecule has 5 nitrogen and oxygen atoms in total. The van der Waals surface area contributed by atoms with Gasteiger partial charge in [0, 0.05) is 13.1 Å². The van der Waals surface area contributed by atoms with Crippen LogP contribution >= 0.6 is 12.2 Å². The van der Waals surface area contributed by atoms with Gasteiger partial charge < -0.3 is 10.6 Å². The van der Waals surface area contributed by atoms with Crippen molar-refractivity contribution in [2.24, 2.45) is 17.1 Å². The monoisotopic (exact) mass is 304 g/mol. The first-order valence-corrected chi connectivity index (χ1v) is 8.79. The fourth-order valence-corrected chi connectivity index (χ4v) is 4.58. The van der Waals surface area contributed by atoms with E-state index >= 15 is 0 Å². The highest BCUT2D eigenvalue weighted by atomic mass is 32.2. The highest BCUT2D eigenvalue weighted by Crippen LogP contribution is 2.47. The van der Waals surface area contributed by atoms with Crippen molar-refractivity contribution in [3.8, 4) is 0 Å². The predicted molar refractivity (Wildman–Crippen MR) is 77.5 cm³/mol. The summed E-state index contributed by atoms with van der Waals surface area (Å²) >= 11 is 5.07. The summed E-state index contributed by atoms with van der Waals surface area (Å²) < 4.78 is 23.1. The molecule has 0 aromatic rings. The zero-order valence-electron chi connectivity index (χ0n) is 11.1. The fourth-order valence-electron chi connectivity index (χ4n) is 3.06. The van der Waals surface area contributed by atoms with Gasteiger partial charge in [-0.2, -0.15) is 0 Å². The van der Waals surface area contributed by atoms with Crippen molar-refractivity contribution in [3.05, 3.63) is 0 Å². The lowest BCUT2D eigenvalue weighted by Gasteiger charge is -2.46. The molecule has 1 aliphatic heterocycles. The first kappa shape index (κ1) is 14.7. The standard InChI is InChI=1S/C12H20N2O3S2/c1-9-7-12(8-9,10(13)18)11(15)14-3-2-5-19(16,17)6-4-14/h9H,2-8H2,1H3,(H2,13,18). The summed E-state index contributed by atoms with van der Waals surface area (Å²) in [7, 11) is -3.01. The maximum absolute atomic E-state index is 12.6. The molecule has 2 fully saturated rings. The van der Waals surface area contributed by atoms with E-state index in [1.807, 2.05) is 0 Å². The minimum Gasteiger partial charge on any atom is -0.392 e. The number of rotatable bonds is 2. The van der Waals surface area contributed by atoms with Crippen molar-refractivity contribution in [3.63, 3.8) is 0 Å². The van der Waals surface area contributed by atoms with Gasteiger partial charge in [0.05, 0.1) is 21.9 Å². The van der Waals surface area contributed by atoms with Crippen LogP contribution in [0.5, 0.6) is 0 Å². The zero-order chi connectivity index (χ0) is 14.3. The molecule has 0 spiro atoms. The van der Waals surface area contributed by atoms with Gasteiger partial charge in [-0.05, 0) is 25.2 Å². The normalized spacial score (nSPS) is 34.2. The molecular formula is C12H20N2O3S2. The Morgan fingerprint density at radius 3 is 2.47 bits per heavy atom. The summed E-state index contributed by atoms with van der Waals surface area (Å²) in [6, 6.07) is 0. The average molecular weight is 304 g/mol. The van der Waals surface area contributed by atoms with E-state index in [1.165, 1.54) is 0 Å². The largest absolute Gasteiger partial charge is 0.392 e. The summed E-state index contributed by atoms with van der Waals surface area (Å²) in [5.41, 5.74) is 5.04. The number of amides is 1. The van der Waals surface area contributed by atoms with Crippen LogP contribution in [0, 0.1) is 11.3 Å². The van der Waals surface area contributed by atoms with Crippen molar-refractivity contribution >= 4 is 33.0 Å². The van der Waals surface area contributed by atoms with Crippen LogP contribution in [-0.4, -0.2) is 48.8 Å². The van der Waals surface area contributed by atoms with Crippen molar-refractivity contribution in [2.75, 3.05) is 24.6 Å². The average Bonchev–Trinajstić information content (AvgIpc) is 2.44. The van der Waals surface area contributed by atoms with Gasteiger partial charge in [-0.1, -0.05) is 19.1 Å². The molecule has 0 aromatic heterocycles. The Kier molecular flexibility index (Phi) is 3.88. The SMILES string of the molecule is CC1CC(C(=O)N2CCCS(=O)(=O)CC2)(C(N)=S)C1. The van der Waals surface area contributed by atoms with Crippen LogP contribution < -0.4 is 5.73 Å². The summed E-state index contributed by atoms with van der Waals surface area (Å²) in [5.74, 6) is 0.575. The fraction of sp³-hybridized carbons (Fsp3) is 0.833. The predicted octanol–water partition coefficient (Wildman–Crippen LogP) is 0.336. The number of sulfone groups is 1. The maximum atomic E-state index is 12.6. The second-order valence-electron chi connectivity index (χ2n) is 5.76. The number of carbonyl (C=O) groups excluding carboxylic acids is 1. The molecule has 0 unspecified atom stereocenters. The summed E-state index contributed by atoms with van der Waals surface area (Å²) in [6.07, 6.45) is 1.87. The lowest BCUT2D eigenvalue weighted by molar-refractivity contribution is -0.143. The lowest BCUT2D eigenvalue weighted by atomic mass is 9.61. The van der Waals surface area contributed by atoms with E-state index in [4.69, 9.17) is 18.0 Å². The topological polar surface area (TPSA) is 80.5 Å². The minimum absolute atomic E-state index is 0.0434. The molecule has 1 amide bonds. The molecule has 19 heavy (non-hydrogen) atoms. The Morgan fingerprint density at radius 2 is 1.95 bits per heavy atom.